The van der Waals surface area contributed by atoms with Gasteiger partial charge in [-0.3, -0.25) is 0 Å². The van der Waals surface area contributed by atoms with Crippen LogP contribution in [0.3, 0.4) is 0 Å². The second kappa shape index (κ2) is 4.08. The molecule has 2 aromatic heterocycles. The average molecular weight is 243 g/mol. The van der Waals surface area contributed by atoms with Crippen LogP contribution < -0.4 is 5.32 Å². The minimum atomic E-state index is 0.377. The van der Waals surface area contributed by atoms with E-state index in [0.717, 1.165) is 23.8 Å². The maximum Gasteiger partial charge on any atom is 0.222 e. The minimum Gasteiger partial charge on any atom is -0.352 e. The first-order valence-corrected chi connectivity index (χ1v) is 6.30. The standard InChI is InChI=1S/C13H17N5/c1-8-5-4-6-11(14-8)12-16-13-15-9(2)7-10(3)18(13)17-12/h4-6,9-10H,7H2,1-3H3,(H,15,16,17). The summed E-state index contributed by atoms with van der Waals surface area (Å²) in [6.45, 7) is 6.31. The summed E-state index contributed by atoms with van der Waals surface area (Å²) < 4.78 is 1.96. The second-order valence-corrected chi connectivity index (χ2v) is 5.00. The van der Waals surface area contributed by atoms with E-state index in [1.54, 1.807) is 0 Å². The predicted molar refractivity (Wildman–Crippen MR) is 70.4 cm³/mol. The van der Waals surface area contributed by atoms with Gasteiger partial charge in [-0.15, -0.1) is 5.10 Å². The minimum absolute atomic E-state index is 0.377. The van der Waals surface area contributed by atoms with E-state index in [0.29, 0.717) is 17.9 Å². The Kier molecular flexibility index (Phi) is 2.54. The van der Waals surface area contributed by atoms with Crippen LogP contribution >= 0.6 is 0 Å². The van der Waals surface area contributed by atoms with Crippen LogP contribution in [0.4, 0.5) is 5.95 Å². The summed E-state index contributed by atoms with van der Waals surface area (Å²) in [6, 6.07) is 6.72. The molecule has 0 spiro atoms. The molecule has 3 rings (SSSR count). The van der Waals surface area contributed by atoms with Gasteiger partial charge in [0.05, 0.1) is 6.04 Å². The maximum atomic E-state index is 4.56. The fourth-order valence-electron chi connectivity index (χ4n) is 2.40. The zero-order valence-corrected chi connectivity index (χ0v) is 10.9. The number of hydrogen-bond donors (Lipinski definition) is 1. The van der Waals surface area contributed by atoms with Gasteiger partial charge in [0, 0.05) is 11.7 Å². The molecule has 0 aliphatic carbocycles. The lowest BCUT2D eigenvalue weighted by Gasteiger charge is -2.26. The summed E-state index contributed by atoms with van der Waals surface area (Å²) in [6.07, 6.45) is 1.07. The normalized spacial score (nSPS) is 22.4. The first-order chi connectivity index (χ1) is 8.63. The second-order valence-electron chi connectivity index (χ2n) is 5.00. The lowest BCUT2D eigenvalue weighted by molar-refractivity contribution is 0.412. The molecule has 0 aromatic carbocycles. The molecule has 1 N–H and O–H groups in total. The first-order valence-electron chi connectivity index (χ1n) is 6.30. The molecule has 2 atom stereocenters. The smallest absolute Gasteiger partial charge is 0.222 e. The van der Waals surface area contributed by atoms with Crippen molar-refractivity contribution in [3.8, 4) is 11.5 Å². The van der Waals surface area contributed by atoms with E-state index in [1.165, 1.54) is 0 Å². The van der Waals surface area contributed by atoms with Gasteiger partial charge >= 0.3 is 0 Å². The van der Waals surface area contributed by atoms with Gasteiger partial charge in [-0.2, -0.15) is 4.98 Å². The molecule has 2 unspecified atom stereocenters. The third-order valence-corrected chi connectivity index (χ3v) is 3.24. The number of fused-ring (bicyclic) bond motifs is 1. The summed E-state index contributed by atoms with van der Waals surface area (Å²) in [4.78, 5) is 9.01. The van der Waals surface area contributed by atoms with Crippen molar-refractivity contribution in [2.45, 2.75) is 39.3 Å². The number of rotatable bonds is 1. The number of pyridine rings is 1. The van der Waals surface area contributed by atoms with Crippen molar-refractivity contribution in [1.82, 2.24) is 19.7 Å². The molecule has 0 bridgehead atoms. The Hall–Kier alpha value is -1.91. The highest BCUT2D eigenvalue weighted by Gasteiger charge is 2.24. The molecular formula is C13H17N5. The molecule has 0 fully saturated rings. The van der Waals surface area contributed by atoms with Crippen molar-refractivity contribution < 1.29 is 0 Å². The van der Waals surface area contributed by atoms with Gasteiger partial charge in [0.15, 0.2) is 0 Å². The van der Waals surface area contributed by atoms with Crippen LogP contribution in [0.5, 0.6) is 0 Å². The molecule has 0 radical (unpaired) electrons. The summed E-state index contributed by atoms with van der Waals surface area (Å²) >= 11 is 0. The molecule has 5 nitrogen and oxygen atoms in total. The third kappa shape index (κ3) is 1.85. The van der Waals surface area contributed by atoms with E-state index >= 15 is 0 Å². The Balaban J connectivity index is 2.03. The quantitative estimate of drug-likeness (QED) is 0.835. The van der Waals surface area contributed by atoms with Crippen LogP contribution in [0.1, 0.15) is 32.0 Å². The Morgan fingerprint density at radius 1 is 1.28 bits per heavy atom. The highest BCUT2D eigenvalue weighted by atomic mass is 15.4. The van der Waals surface area contributed by atoms with Crippen molar-refractivity contribution in [1.29, 1.82) is 0 Å². The zero-order chi connectivity index (χ0) is 12.7. The summed E-state index contributed by atoms with van der Waals surface area (Å²) in [5, 5.41) is 7.91. The number of nitrogens with zero attached hydrogens (tertiary/aromatic N) is 4. The zero-order valence-electron chi connectivity index (χ0n) is 10.9. The van der Waals surface area contributed by atoms with Crippen molar-refractivity contribution >= 4 is 5.95 Å². The Morgan fingerprint density at radius 3 is 2.89 bits per heavy atom. The highest BCUT2D eigenvalue weighted by Crippen LogP contribution is 2.27. The fraction of sp³-hybridized carbons (Fsp3) is 0.462. The van der Waals surface area contributed by atoms with E-state index in [-0.39, 0.29) is 0 Å². The van der Waals surface area contributed by atoms with Crippen LogP contribution in [-0.2, 0) is 0 Å². The molecule has 94 valence electrons. The topological polar surface area (TPSA) is 55.6 Å². The van der Waals surface area contributed by atoms with Gasteiger partial charge in [0.25, 0.3) is 0 Å². The number of aryl methyl sites for hydroxylation is 1. The lowest BCUT2D eigenvalue weighted by Crippen LogP contribution is -2.29. The van der Waals surface area contributed by atoms with Gasteiger partial charge in [-0.05, 0) is 39.3 Å². The predicted octanol–water partition coefficient (Wildman–Crippen LogP) is 2.41. The summed E-state index contributed by atoms with van der Waals surface area (Å²) in [5.74, 6) is 1.54. The summed E-state index contributed by atoms with van der Waals surface area (Å²) in [7, 11) is 0. The molecule has 5 heteroatoms. The fourth-order valence-corrected chi connectivity index (χ4v) is 2.40. The molecule has 0 saturated heterocycles. The van der Waals surface area contributed by atoms with Gasteiger partial charge in [0.2, 0.25) is 11.8 Å². The number of nitrogens with one attached hydrogen (secondary N) is 1. The molecular weight excluding hydrogens is 226 g/mol. The van der Waals surface area contributed by atoms with Crippen LogP contribution in [0, 0.1) is 6.92 Å². The number of aromatic nitrogens is 4. The van der Waals surface area contributed by atoms with Gasteiger partial charge < -0.3 is 5.32 Å². The van der Waals surface area contributed by atoms with Crippen molar-refractivity contribution in [3.63, 3.8) is 0 Å². The Bertz CT molecular complexity index is 575. The molecule has 2 aromatic rings. The Labute approximate surface area is 106 Å². The van der Waals surface area contributed by atoms with Crippen molar-refractivity contribution in [2.75, 3.05) is 5.32 Å². The average Bonchev–Trinajstić information content (AvgIpc) is 2.73. The molecule has 18 heavy (non-hydrogen) atoms. The van der Waals surface area contributed by atoms with Crippen LogP contribution in [0.2, 0.25) is 0 Å². The van der Waals surface area contributed by atoms with Crippen LogP contribution in [0.15, 0.2) is 18.2 Å². The van der Waals surface area contributed by atoms with Gasteiger partial charge in [-0.25, -0.2) is 9.67 Å². The number of anilines is 1. The number of hydrogen-bond acceptors (Lipinski definition) is 4. The third-order valence-electron chi connectivity index (χ3n) is 3.24. The molecule has 1 aliphatic rings. The van der Waals surface area contributed by atoms with Crippen LogP contribution in [-0.4, -0.2) is 25.8 Å². The monoisotopic (exact) mass is 243 g/mol. The van der Waals surface area contributed by atoms with Gasteiger partial charge in [0.1, 0.15) is 5.69 Å². The molecule has 1 aliphatic heterocycles. The van der Waals surface area contributed by atoms with E-state index in [9.17, 15) is 0 Å². The van der Waals surface area contributed by atoms with Crippen LogP contribution in [0.25, 0.3) is 11.5 Å². The first kappa shape index (κ1) is 11.2. The lowest BCUT2D eigenvalue weighted by atomic mass is 10.1. The van der Waals surface area contributed by atoms with E-state index < -0.39 is 0 Å². The van der Waals surface area contributed by atoms with Crippen molar-refractivity contribution in [3.05, 3.63) is 23.9 Å². The van der Waals surface area contributed by atoms with E-state index in [2.05, 4.69) is 34.2 Å². The molecule has 3 heterocycles. The maximum absolute atomic E-state index is 4.56. The Morgan fingerprint density at radius 2 is 2.11 bits per heavy atom. The van der Waals surface area contributed by atoms with Gasteiger partial charge in [-0.1, -0.05) is 6.07 Å². The van der Waals surface area contributed by atoms with E-state index in [1.807, 2.05) is 29.8 Å². The summed E-state index contributed by atoms with van der Waals surface area (Å²) in [5.41, 5.74) is 1.81. The highest BCUT2D eigenvalue weighted by molar-refractivity contribution is 5.51. The SMILES string of the molecule is Cc1cccc(-c2nc3n(n2)C(C)CC(C)N3)n1. The largest absolute Gasteiger partial charge is 0.352 e. The molecule has 0 amide bonds. The molecule has 0 saturated carbocycles. The van der Waals surface area contributed by atoms with E-state index in [4.69, 9.17) is 0 Å². The van der Waals surface area contributed by atoms with Crippen molar-refractivity contribution in [2.24, 2.45) is 0 Å².